The van der Waals surface area contributed by atoms with E-state index in [1.54, 1.807) is 4.90 Å². The highest BCUT2D eigenvalue weighted by Gasteiger charge is 2.85. The molecule has 5 aliphatic rings. The first kappa shape index (κ1) is 38.5. The number of carbonyl (C=O) groups excluding carboxylic acids is 5. The van der Waals surface area contributed by atoms with Crippen LogP contribution in [0, 0.1) is 33.0 Å². The summed E-state index contributed by atoms with van der Waals surface area (Å²) in [6.45, 7) is 16.6. The predicted molar refractivity (Wildman–Crippen MR) is 189 cm³/mol. The number of Topliss-reactive ketones (excluding diaryl/α,β-unsaturated/α-hetero) is 1. The number of nitrogens with zero attached hydrogens (tertiary/aromatic N) is 2. The summed E-state index contributed by atoms with van der Waals surface area (Å²) in [5.41, 5.74) is 3.75. The number of primary amides is 1. The second kappa shape index (κ2) is 13.0. The average Bonchev–Trinajstić information content (AvgIpc) is 3.25. The lowest BCUT2D eigenvalue weighted by Gasteiger charge is -2.38. The number of nitrogens with two attached hydrogens (primary N) is 1. The van der Waals surface area contributed by atoms with E-state index >= 15 is 0 Å². The minimum absolute atomic E-state index is 0.0137. The van der Waals surface area contributed by atoms with E-state index < -0.39 is 74.6 Å². The van der Waals surface area contributed by atoms with Crippen LogP contribution in [0.25, 0.3) is 0 Å². The zero-order valence-electron chi connectivity index (χ0n) is 31.3. The highest BCUT2D eigenvalue weighted by molar-refractivity contribution is 7.89. The zero-order valence-corrected chi connectivity index (χ0v) is 32.1. The van der Waals surface area contributed by atoms with Gasteiger partial charge in [0.05, 0.1) is 11.8 Å². The number of nitrogens with one attached hydrogen (secondary N) is 3. The van der Waals surface area contributed by atoms with Gasteiger partial charge in [0.15, 0.2) is 0 Å². The Kier molecular flexibility index (Phi) is 10.0. The molecule has 2 aliphatic heterocycles. The molecule has 2 unspecified atom stereocenters. The molecule has 282 valence electrons. The van der Waals surface area contributed by atoms with Gasteiger partial charge in [-0.15, -0.1) is 0 Å². The van der Waals surface area contributed by atoms with Gasteiger partial charge in [0, 0.05) is 31.1 Å². The van der Waals surface area contributed by atoms with Crippen LogP contribution in [-0.4, -0.2) is 96.7 Å². The molecule has 2 spiro atoms. The Labute approximate surface area is 298 Å². The van der Waals surface area contributed by atoms with E-state index in [9.17, 15) is 32.4 Å². The normalized spacial score (nSPS) is 28.6. The van der Waals surface area contributed by atoms with E-state index in [-0.39, 0.29) is 34.5 Å². The highest BCUT2D eigenvalue weighted by Crippen LogP contribution is 2.88. The number of amides is 5. The van der Waals surface area contributed by atoms with E-state index in [0.717, 1.165) is 38.5 Å². The maximum atomic E-state index is 14.8. The summed E-state index contributed by atoms with van der Waals surface area (Å²) in [4.78, 5) is 69.2. The molecule has 50 heavy (non-hydrogen) atoms. The van der Waals surface area contributed by atoms with Gasteiger partial charge in [-0.3, -0.25) is 19.2 Å². The minimum atomic E-state index is -3.39. The lowest BCUT2D eigenvalue weighted by molar-refractivity contribution is -0.143. The monoisotopic (exact) mass is 720 g/mol. The van der Waals surface area contributed by atoms with Crippen molar-refractivity contribution in [2.75, 3.05) is 25.4 Å². The third kappa shape index (κ3) is 6.67. The molecule has 0 aromatic rings. The molecule has 2 saturated heterocycles. The summed E-state index contributed by atoms with van der Waals surface area (Å²) in [7, 11) is -3.39. The first-order valence-electron chi connectivity index (χ1n) is 18.5. The van der Waals surface area contributed by atoms with Gasteiger partial charge in [-0.1, -0.05) is 81.1 Å². The van der Waals surface area contributed by atoms with Crippen molar-refractivity contribution in [2.24, 2.45) is 38.7 Å². The van der Waals surface area contributed by atoms with Crippen LogP contribution in [0.4, 0.5) is 4.79 Å². The standard InChI is InChI=1S/C36H60N6O7S/c1-32(2,3)25(20-41-16-11-17-50(41,48)49)39-31(47)40-27(33(4,5)6)30(46)42-21-36(34(7,8)35(36)14-10-15-35)19-24(42)29(45)38-23(26(43)28(37)44)18-22-12-9-13-22/h22-25,27H,9-21H2,1-8H3,(H2,37,44)(H,38,45)(H2,39,40,47)/t23?,24-,25+,27+,36?/m0/s1. The van der Waals surface area contributed by atoms with Gasteiger partial charge in [-0.2, -0.15) is 4.31 Å². The summed E-state index contributed by atoms with van der Waals surface area (Å²) in [6, 6.07) is -4.12. The van der Waals surface area contributed by atoms with Crippen molar-refractivity contribution in [1.82, 2.24) is 25.2 Å². The van der Waals surface area contributed by atoms with Crippen LogP contribution in [0.3, 0.4) is 0 Å². The zero-order chi connectivity index (χ0) is 37.2. The highest BCUT2D eigenvalue weighted by atomic mass is 32.2. The molecule has 5 N–H and O–H groups in total. The molecule has 0 bridgehead atoms. The molecule has 5 fully saturated rings. The van der Waals surface area contributed by atoms with E-state index in [0.29, 0.717) is 32.4 Å². The van der Waals surface area contributed by atoms with Crippen molar-refractivity contribution in [3.05, 3.63) is 0 Å². The molecule has 2 heterocycles. The van der Waals surface area contributed by atoms with Gasteiger partial charge in [0.2, 0.25) is 27.6 Å². The van der Waals surface area contributed by atoms with E-state index in [4.69, 9.17) is 5.73 Å². The number of urea groups is 1. The smallest absolute Gasteiger partial charge is 0.315 e. The number of hydrogen-bond donors (Lipinski definition) is 4. The molecule has 0 radical (unpaired) electrons. The maximum absolute atomic E-state index is 14.8. The molecule has 13 nitrogen and oxygen atoms in total. The van der Waals surface area contributed by atoms with Crippen molar-refractivity contribution in [2.45, 2.75) is 137 Å². The summed E-state index contributed by atoms with van der Waals surface area (Å²) in [5, 5.41) is 8.73. The van der Waals surface area contributed by atoms with Gasteiger partial charge in [-0.05, 0) is 59.7 Å². The second-order valence-electron chi connectivity index (χ2n) is 18.5. The number of sulfonamides is 1. The Balaban J connectivity index is 1.39. The van der Waals surface area contributed by atoms with Crippen molar-refractivity contribution in [1.29, 1.82) is 0 Å². The van der Waals surface area contributed by atoms with Gasteiger partial charge in [-0.25, -0.2) is 13.2 Å². The molecular formula is C36H60N6O7S. The van der Waals surface area contributed by atoms with E-state index in [1.165, 1.54) is 4.31 Å². The fraction of sp³-hybridized carbons (Fsp3) is 0.861. The van der Waals surface area contributed by atoms with Gasteiger partial charge in [0.1, 0.15) is 12.1 Å². The van der Waals surface area contributed by atoms with Crippen LogP contribution < -0.4 is 21.7 Å². The molecule has 3 aliphatic carbocycles. The lowest BCUT2D eigenvalue weighted by Crippen LogP contribution is -2.62. The third-order valence-corrected chi connectivity index (χ3v) is 15.3. The Morgan fingerprint density at radius 3 is 1.96 bits per heavy atom. The van der Waals surface area contributed by atoms with Crippen molar-refractivity contribution < 1.29 is 32.4 Å². The fourth-order valence-corrected chi connectivity index (χ4v) is 11.1. The second-order valence-corrected chi connectivity index (χ2v) is 20.6. The topological polar surface area (TPSA) is 188 Å². The quantitative estimate of drug-likeness (QED) is 0.236. The average molecular weight is 721 g/mol. The first-order valence-corrected chi connectivity index (χ1v) is 20.1. The molecule has 0 aromatic carbocycles. The van der Waals surface area contributed by atoms with Gasteiger partial charge in [0.25, 0.3) is 5.91 Å². The van der Waals surface area contributed by atoms with E-state index in [1.807, 2.05) is 41.5 Å². The van der Waals surface area contributed by atoms with Crippen LogP contribution >= 0.6 is 0 Å². The summed E-state index contributed by atoms with van der Waals surface area (Å²) in [5.74, 6) is -2.51. The fourth-order valence-electron chi connectivity index (χ4n) is 9.58. The number of likely N-dealkylation sites (tertiary alicyclic amines) is 1. The first-order chi connectivity index (χ1) is 23.0. The number of rotatable bonds is 11. The van der Waals surface area contributed by atoms with Crippen LogP contribution in [-0.2, 0) is 29.2 Å². The molecule has 3 saturated carbocycles. The third-order valence-electron chi connectivity index (χ3n) is 13.4. The van der Waals surface area contributed by atoms with Crippen LogP contribution in [0.15, 0.2) is 0 Å². The predicted octanol–water partition coefficient (Wildman–Crippen LogP) is 2.68. The Hall–Kier alpha value is -2.74. The lowest BCUT2D eigenvalue weighted by atomic mass is 9.73. The van der Waals surface area contributed by atoms with Crippen molar-refractivity contribution in [3.63, 3.8) is 0 Å². The Bertz CT molecular complexity index is 1510. The molecule has 5 amide bonds. The van der Waals surface area contributed by atoms with Gasteiger partial charge < -0.3 is 26.6 Å². The van der Waals surface area contributed by atoms with E-state index in [2.05, 4.69) is 29.8 Å². The van der Waals surface area contributed by atoms with Crippen LogP contribution in [0.1, 0.15) is 113 Å². The van der Waals surface area contributed by atoms with Crippen molar-refractivity contribution >= 4 is 39.6 Å². The summed E-state index contributed by atoms with van der Waals surface area (Å²) >= 11 is 0. The largest absolute Gasteiger partial charge is 0.363 e. The molecule has 5 rings (SSSR count). The molecule has 14 heteroatoms. The van der Waals surface area contributed by atoms with Crippen LogP contribution in [0.2, 0.25) is 0 Å². The molecule has 5 atom stereocenters. The molecule has 0 aromatic heterocycles. The van der Waals surface area contributed by atoms with Crippen LogP contribution in [0.5, 0.6) is 0 Å². The summed E-state index contributed by atoms with van der Waals surface area (Å²) in [6.07, 6.45) is 7.28. The SMILES string of the molecule is CC(C)(C)[C@H](NC(=O)N[C@H](CN1CCCS1(=O)=O)C(C)(C)C)C(=O)N1CC2(C[C@H]1C(=O)NC(CC1CCC1)C(=O)C(N)=O)C(C)(C)C21CCC1. The van der Waals surface area contributed by atoms with Gasteiger partial charge >= 0.3 is 6.03 Å². The molecular weight excluding hydrogens is 660 g/mol. The number of ketones is 1. The maximum Gasteiger partial charge on any atom is 0.315 e. The number of hydrogen-bond acceptors (Lipinski definition) is 7. The number of fused-ring (bicyclic) bond motifs is 1. The minimum Gasteiger partial charge on any atom is -0.363 e. The van der Waals surface area contributed by atoms with Crippen molar-refractivity contribution in [3.8, 4) is 0 Å². The Morgan fingerprint density at radius 2 is 1.52 bits per heavy atom. The number of carbonyl (C=O) groups is 5. The summed E-state index contributed by atoms with van der Waals surface area (Å²) < 4.78 is 26.6. The Morgan fingerprint density at radius 1 is 0.880 bits per heavy atom.